The Bertz CT molecular complexity index is 547. The van der Waals surface area contributed by atoms with Crippen molar-refractivity contribution >= 4 is 11.9 Å². The van der Waals surface area contributed by atoms with Crippen molar-refractivity contribution in [2.24, 2.45) is 0 Å². The van der Waals surface area contributed by atoms with E-state index in [-0.39, 0.29) is 18.9 Å². The SMILES string of the molecule is CCN(CCC(=O)O)C(=O)c1cccc(OCC=C(C)C)c1. The van der Waals surface area contributed by atoms with E-state index in [1.807, 2.05) is 26.8 Å². The third kappa shape index (κ3) is 5.99. The number of ether oxygens (including phenoxy) is 1. The Morgan fingerprint density at radius 2 is 2.05 bits per heavy atom. The molecule has 5 nitrogen and oxygen atoms in total. The van der Waals surface area contributed by atoms with Gasteiger partial charge in [0.15, 0.2) is 0 Å². The standard InChI is InChI=1S/C17H23NO4/c1-4-18(10-8-16(19)20)17(21)14-6-5-7-15(12-14)22-11-9-13(2)3/h5-7,9,12H,4,8,10-11H2,1-3H3,(H,19,20). The van der Waals surface area contributed by atoms with Crippen LogP contribution in [-0.2, 0) is 4.79 Å². The van der Waals surface area contributed by atoms with E-state index in [9.17, 15) is 9.59 Å². The largest absolute Gasteiger partial charge is 0.490 e. The van der Waals surface area contributed by atoms with Gasteiger partial charge < -0.3 is 14.7 Å². The fourth-order valence-electron chi connectivity index (χ4n) is 1.84. The summed E-state index contributed by atoms with van der Waals surface area (Å²) in [6, 6.07) is 6.95. The summed E-state index contributed by atoms with van der Waals surface area (Å²) in [7, 11) is 0. The fraction of sp³-hybridized carbons (Fsp3) is 0.412. The van der Waals surface area contributed by atoms with E-state index in [4.69, 9.17) is 9.84 Å². The summed E-state index contributed by atoms with van der Waals surface area (Å²) in [5.74, 6) is -0.473. The van der Waals surface area contributed by atoms with E-state index in [1.54, 1.807) is 24.3 Å². The quantitative estimate of drug-likeness (QED) is 0.750. The Labute approximate surface area is 131 Å². The normalized spacial score (nSPS) is 9.95. The number of hydrogen-bond donors (Lipinski definition) is 1. The van der Waals surface area contributed by atoms with Gasteiger partial charge in [0.2, 0.25) is 0 Å². The molecule has 0 saturated heterocycles. The van der Waals surface area contributed by atoms with E-state index in [1.165, 1.54) is 4.90 Å². The smallest absolute Gasteiger partial charge is 0.305 e. The summed E-state index contributed by atoms with van der Waals surface area (Å²) in [6.07, 6.45) is 1.90. The van der Waals surface area contributed by atoms with Crippen molar-refractivity contribution < 1.29 is 19.4 Å². The molecule has 0 atom stereocenters. The Hall–Kier alpha value is -2.30. The van der Waals surface area contributed by atoms with Gasteiger partial charge in [-0.2, -0.15) is 0 Å². The highest BCUT2D eigenvalue weighted by atomic mass is 16.5. The van der Waals surface area contributed by atoms with Crippen LogP contribution >= 0.6 is 0 Å². The van der Waals surface area contributed by atoms with Gasteiger partial charge in [-0.1, -0.05) is 11.6 Å². The molecule has 1 aromatic carbocycles. The number of rotatable bonds is 8. The Morgan fingerprint density at radius 3 is 2.64 bits per heavy atom. The van der Waals surface area contributed by atoms with Crippen LogP contribution in [0.3, 0.4) is 0 Å². The Balaban J connectivity index is 2.75. The Kier molecular flexibility index (Phi) is 7.16. The molecule has 1 N–H and O–H groups in total. The van der Waals surface area contributed by atoms with Crippen LogP contribution in [0.25, 0.3) is 0 Å². The first-order valence-corrected chi connectivity index (χ1v) is 7.31. The average Bonchev–Trinajstić information content (AvgIpc) is 2.47. The number of allylic oxidation sites excluding steroid dienone is 1. The molecule has 0 aromatic heterocycles. The van der Waals surface area contributed by atoms with E-state index in [2.05, 4.69) is 0 Å². The molecule has 0 aliphatic rings. The molecular weight excluding hydrogens is 282 g/mol. The lowest BCUT2D eigenvalue weighted by molar-refractivity contribution is -0.137. The molecule has 0 spiro atoms. The minimum absolute atomic E-state index is 0.0592. The van der Waals surface area contributed by atoms with E-state index >= 15 is 0 Å². The molecule has 1 amide bonds. The third-order valence-electron chi connectivity index (χ3n) is 3.09. The lowest BCUT2D eigenvalue weighted by atomic mass is 10.2. The molecule has 120 valence electrons. The second kappa shape index (κ2) is 8.87. The molecule has 0 bridgehead atoms. The van der Waals surface area contributed by atoms with Crippen molar-refractivity contribution in [1.29, 1.82) is 0 Å². The van der Waals surface area contributed by atoms with Gasteiger partial charge in [-0.05, 0) is 45.0 Å². The van der Waals surface area contributed by atoms with Crippen LogP contribution in [0.2, 0.25) is 0 Å². The monoisotopic (exact) mass is 305 g/mol. The zero-order chi connectivity index (χ0) is 16.5. The van der Waals surface area contributed by atoms with Crippen LogP contribution in [0.15, 0.2) is 35.9 Å². The molecule has 0 saturated carbocycles. The van der Waals surface area contributed by atoms with Gasteiger partial charge in [-0.3, -0.25) is 9.59 Å². The topological polar surface area (TPSA) is 66.8 Å². The number of nitrogens with zero attached hydrogens (tertiary/aromatic N) is 1. The summed E-state index contributed by atoms with van der Waals surface area (Å²) in [5, 5.41) is 8.73. The van der Waals surface area contributed by atoms with Crippen molar-refractivity contribution in [3.63, 3.8) is 0 Å². The van der Waals surface area contributed by atoms with Crippen LogP contribution in [0.5, 0.6) is 5.75 Å². The van der Waals surface area contributed by atoms with Crippen molar-refractivity contribution in [1.82, 2.24) is 4.90 Å². The molecule has 0 aliphatic carbocycles. The number of benzene rings is 1. The number of carbonyl (C=O) groups is 2. The van der Waals surface area contributed by atoms with Gasteiger partial charge in [0.25, 0.3) is 5.91 Å². The highest BCUT2D eigenvalue weighted by molar-refractivity contribution is 5.94. The molecule has 0 unspecified atom stereocenters. The van der Waals surface area contributed by atoms with Gasteiger partial charge in [-0.25, -0.2) is 0 Å². The van der Waals surface area contributed by atoms with Crippen LogP contribution in [0, 0.1) is 0 Å². The second-order valence-corrected chi connectivity index (χ2v) is 5.15. The molecular formula is C17H23NO4. The molecule has 5 heteroatoms. The summed E-state index contributed by atoms with van der Waals surface area (Å²) in [5.41, 5.74) is 1.67. The minimum atomic E-state index is -0.912. The fourth-order valence-corrected chi connectivity index (χ4v) is 1.84. The first kappa shape index (κ1) is 17.8. The average molecular weight is 305 g/mol. The lowest BCUT2D eigenvalue weighted by Gasteiger charge is -2.20. The highest BCUT2D eigenvalue weighted by Gasteiger charge is 2.15. The van der Waals surface area contributed by atoms with Gasteiger partial charge in [0, 0.05) is 18.7 Å². The number of carbonyl (C=O) groups excluding carboxylic acids is 1. The molecule has 1 rings (SSSR count). The summed E-state index contributed by atoms with van der Waals surface area (Å²) in [4.78, 5) is 24.5. The number of carboxylic acids is 1. The van der Waals surface area contributed by atoms with Gasteiger partial charge >= 0.3 is 5.97 Å². The number of hydrogen-bond acceptors (Lipinski definition) is 3. The molecule has 0 aliphatic heterocycles. The molecule has 0 radical (unpaired) electrons. The van der Waals surface area contributed by atoms with E-state index < -0.39 is 5.97 Å². The maximum absolute atomic E-state index is 12.4. The van der Waals surface area contributed by atoms with Crippen molar-refractivity contribution in [2.45, 2.75) is 27.2 Å². The lowest BCUT2D eigenvalue weighted by Crippen LogP contribution is -2.32. The maximum atomic E-state index is 12.4. The zero-order valence-corrected chi connectivity index (χ0v) is 13.3. The van der Waals surface area contributed by atoms with Crippen molar-refractivity contribution in [3.8, 4) is 5.75 Å². The summed E-state index contributed by atoms with van der Waals surface area (Å²) >= 11 is 0. The van der Waals surface area contributed by atoms with Gasteiger partial charge in [-0.15, -0.1) is 0 Å². The molecule has 22 heavy (non-hydrogen) atoms. The van der Waals surface area contributed by atoms with Crippen molar-refractivity contribution in [3.05, 3.63) is 41.5 Å². The number of carboxylic acid groups (broad SMARTS) is 1. The zero-order valence-electron chi connectivity index (χ0n) is 13.3. The van der Waals surface area contributed by atoms with Crippen molar-refractivity contribution in [2.75, 3.05) is 19.7 Å². The third-order valence-corrected chi connectivity index (χ3v) is 3.09. The van der Waals surface area contributed by atoms with Gasteiger partial charge in [0.1, 0.15) is 12.4 Å². The highest BCUT2D eigenvalue weighted by Crippen LogP contribution is 2.15. The van der Waals surface area contributed by atoms with Crippen LogP contribution in [0.1, 0.15) is 37.6 Å². The predicted octanol–water partition coefficient (Wildman–Crippen LogP) is 2.97. The maximum Gasteiger partial charge on any atom is 0.305 e. The number of aliphatic carboxylic acids is 1. The molecule has 0 heterocycles. The molecule has 1 aromatic rings. The first-order valence-electron chi connectivity index (χ1n) is 7.31. The van der Waals surface area contributed by atoms with Gasteiger partial charge in [0.05, 0.1) is 6.42 Å². The predicted molar refractivity (Wildman–Crippen MR) is 85.2 cm³/mol. The molecule has 0 fully saturated rings. The number of amides is 1. The van der Waals surface area contributed by atoms with Crippen LogP contribution in [0.4, 0.5) is 0 Å². The summed E-state index contributed by atoms with van der Waals surface area (Å²) in [6.45, 7) is 6.93. The van der Waals surface area contributed by atoms with E-state index in [0.29, 0.717) is 24.5 Å². The minimum Gasteiger partial charge on any atom is -0.490 e. The summed E-state index contributed by atoms with van der Waals surface area (Å²) < 4.78 is 5.58. The Morgan fingerprint density at radius 1 is 1.32 bits per heavy atom. The first-order chi connectivity index (χ1) is 10.4. The van der Waals surface area contributed by atoms with Crippen LogP contribution < -0.4 is 4.74 Å². The second-order valence-electron chi connectivity index (χ2n) is 5.15. The van der Waals surface area contributed by atoms with E-state index in [0.717, 1.165) is 5.57 Å². The van der Waals surface area contributed by atoms with Crippen LogP contribution in [-0.4, -0.2) is 41.6 Å².